The number of aliphatic hydroxyl groups excluding tert-OH is 2. The number of aliphatic hydroxyl groups is 3. The van der Waals surface area contributed by atoms with Crippen LogP contribution in [0.15, 0.2) is 12.2 Å². The molecule has 2 aliphatic heterocycles. The van der Waals surface area contributed by atoms with Crippen LogP contribution in [0.5, 0.6) is 0 Å². The summed E-state index contributed by atoms with van der Waals surface area (Å²) in [6, 6.07) is 0. The second kappa shape index (κ2) is 6.87. The van der Waals surface area contributed by atoms with Crippen molar-refractivity contribution < 1.29 is 43.9 Å². The predicted molar refractivity (Wildman–Crippen MR) is 111 cm³/mol. The molecule has 2 saturated heterocycles. The molecule has 4 bridgehead atoms. The summed E-state index contributed by atoms with van der Waals surface area (Å²) in [5.74, 6) is -5.50. The fourth-order valence-electron chi connectivity index (χ4n) is 8.44. The van der Waals surface area contributed by atoms with E-state index in [1.54, 1.807) is 0 Å². The Morgan fingerprint density at radius 3 is 2.55 bits per heavy atom. The van der Waals surface area contributed by atoms with Crippen LogP contribution in [-0.2, 0) is 28.6 Å². The highest BCUT2D eigenvalue weighted by Gasteiger charge is 2.86. The predicted octanol–water partition coefficient (Wildman–Crippen LogP) is 0.490. The Morgan fingerprint density at radius 2 is 1.91 bits per heavy atom. The molecule has 3 N–H and O–H groups in total. The SMILES string of the molecule is C=C1C(=O)C23CC1CC(OC(C)=O)C2C12COC3(O)C(O)C1C(C)(COC(C)=O)CCC2O. The maximum absolute atomic E-state index is 13.7. The zero-order valence-electron chi connectivity index (χ0n) is 19.2. The van der Waals surface area contributed by atoms with Crippen LogP contribution in [0.2, 0.25) is 0 Å². The summed E-state index contributed by atoms with van der Waals surface area (Å²) in [4.78, 5) is 37.4. The van der Waals surface area contributed by atoms with E-state index in [0.717, 1.165) is 0 Å². The second-order valence-corrected chi connectivity index (χ2v) is 11.1. The third-order valence-corrected chi connectivity index (χ3v) is 9.52. The van der Waals surface area contributed by atoms with E-state index < -0.39 is 69.9 Å². The Hall–Kier alpha value is -1.81. The molecule has 9 nitrogen and oxygen atoms in total. The van der Waals surface area contributed by atoms with Crippen molar-refractivity contribution in [2.45, 2.75) is 70.6 Å². The van der Waals surface area contributed by atoms with Gasteiger partial charge in [-0.15, -0.1) is 0 Å². The molecule has 0 radical (unpaired) electrons. The van der Waals surface area contributed by atoms with E-state index in [4.69, 9.17) is 14.2 Å². The molecule has 10 unspecified atom stereocenters. The third kappa shape index (κ3) is 2.54. The number of Topliss-reactive ketones (excluding diaryl/α,β-unsaturated/α-hetero) is 1. The number of carbonyl (C=O) groups is 3. The normalized spacial score (nSPS) is 52.2. The number of carbonyl (C=O) groups excluding carboxylic acids is 3. The molecule has 10 atom stereocenters. The van der Waals surface area contributed by atoms with E-state index in [9.17, 15) is 29.7 Å². The van der Waals surface area contributed by atoms with Crippen LogP contribution in [0.25, 0.3) is 0 Å². The monoisotopic (exact) mass is 464 g/mol. The molecule has 4 saturated carbocycles. The van der Waals surface area contributed by atoms with Gasteiger partial charge < -0.3 is 29.5 Å². The lowest BCUT2D eigenvalue weighted by molar-refractivity contribution is -0.457. The molecule has 2 spiro atoms. The highest BCUT2D eigenvalue weighted by Crippen LogP contribution is 2.76. The summed E-state index contributed by atoms with van der Waals surface area (Å²) in [5.41, 5.74) is -3.25. The Morgan fingerprint density at radius 1 is 1.21 bits per heavy atom. The molecule has 0 aromatic rings. The van der Waals surface area contributed by atoms with Crippen LogP contribution in [-0.4, -0.2) is 70.4 Å². The zero-order chi connectivity index (χ0) is 24.1. The summed E-state index contributed by atoms with van der Waals surface area (Å²) in [5, 5.41) is 35.1. The van der Waals surface area contributed by atoms with Crippen molar-refractivity contribution in [1.29, 1.82) is 0 Å². The molecule has 0 aromatic heterocycles. The largest absolute Gasteiger partial charge is 0.465 e. The smallest absolute Gasteiger partial charge is 0.302 e. The molecule has 0 amide bonds. The molecule has 9 heteroatoms. The quantitative estimate of drug-likeness (QED) is 0.402. The van der Waals surface area contributed by atoms with E-state index in [1.807, 2.05) is 6.92 Å². The Balaban J connectivity index is 1.73. The average molecular weight is 465 g/mol. The second-order valence-electron chi connectivity index (χ2n) is 11.1. The van der Waals surface area contributed by atoms with E-state index in [2.05, 4.69) is 6.58 Å². The molecule has 33 heavy (non-hydrogen) atoms. The van der Waals surface area contributed by atoms with Gasteiger partial charge in [0.25, 0.3) is 0 Å². The van der Waals surface area contributed by atoms with Gasteiger partial charge in [-0.2, -0.15) is 0 Å². The number of ketones is 1. The van der Waals surface area contributed by atoms with Gasteiger partial charge in [-0.3, -0.25) is 14.4 Å². The van der Waals surface area contributed by atoms with Crippen molar-refractivity contribution in [3.63, 3.8) is 0 Å². The summed E-state index contributed by atoms with van der Waals surface area (Å²) in [6.45, 7) is 8.27. The van der Waals surface area contributed by atoms with Crippen LogP contribution in [0.3, 0.4) is 0 Å². The molecule has 0 aromatic carbocycles. The van der Waals surface area contributed by atoms with Crippen molar-refractivity contribution in [2.75, 3.05) is 13.2 Å². The molecule has 4 aliphatic carbocycles. The number of ether oxygens (including phenoxy) is 3. The lowest BCUT2D eigenvalue weighted by Gasteiger charge is -2.74. The molecule has 6 rings (SSSR count). The van der Waals surface area contributed by atoms with Crippen molar-refractivity contribution >= 4 is 17.7 Å². The van der Waals surface area contributed by atoms with Gasteiger partial charge in [-0.05, 0) is 37.2 Å². The maximum atomic E-state index is 13.7. The minimum absolute atomic E-state index is 0.0180. The van der Waals surface area contributed by atoms with Gasteiger partial charge in [0.15, 0.2) is 5.78 Å². The Kier molecular flexibility index (Phi) is 4.78. The third-order valence-electron chi connectivity index (χ3n) is 9.52. The van der Waals surface area contributed by atoms with Crippen LogP contribution >= 0.6 is 0 Å². The zero-order valence-corrected chi connectivity index (χ0v) is 19.2. The molecule has 182 valence electrons. The molecule has 6 fully saturated rings. The van der Waals surface area contributed by atoms with Crippen molar-refractivity contribution in [1.82, 2.24) is 0 Å². The first-order valence-electron chi connectivity index (χ1n) is 11.6. The number of esters is 2. The van der Waals surface area contributed by atoms with Gasteiger partial charge >= 0.3 is 11.9 Å². The first kappa shape index (κ1) is 23.0. The van der Waals surface area contributed by atoms with Crippen LogP contribution < -0.4 is 0 Å². The van der Waals surface area contributed by atoms with E-state index in [0.29, 0.717) is 24.8 Å². The van der Waals surface area contributed by atoms with Crippen molar-refractivity contribution in [2.24, 2.45) is 34.0 Å². The van der Waals surface area contributed by atoms with E-state index in [-0.39, 0.29) is 25.6 Å². The van der Waals surface area contributed by atoms with Gasteiger partial charge in [-0.1, -0.05) is 13.5 Å². The lowest BCUT2D eigenvalue weighted by atomic mass is 9.35. The maximum Gasteiger partial charge on any atom is 0.302 e. The van der Waals surface area contributed by atoms with Crippen molar-refractivity contribution in [3.8, 4) is 0 Å². The van der Waals surface area contributed by atoms with E-state index >= 15 is 0 Å². The number of fused-ring (bicyclic) bond motifs is 2. The Bertz CT molecular complexity index is 946. The topological polar surface area (TPSA) is 140 Å². The Labute approximate surface area is 192 Å². The van der Waals surface area contributed by atoms with Gasteiger partial charge in [0.2, 0.25) is 5.79 Å². The fourth-order valence-corrected chi connectivity index (χ4v) is 8.44. The molecule has 6 aliphatic rings. The van der Waals surface area contributed by atoms with Gasteiger partial charge in [0.05, 0.1) is 24.7 Å². The van der Waals surface area contributed by atoms with Gasteiger partial charge in [0, 0.05) is 36.5 Å². The standard InChI is InChI=1S/C24H32O9/c1-11-14-7-15(33-13(3)26)17-22-10-32-24(30,23(17,8-14)19(11)28)20(29)18(22)21(4,6-5-16(22)27)9-31-12(2)25/h14-18,20,27,29-30H,1,5-10H2,2-4H3. The number of rotatable bonds is 3. The highest BCUT2D eigenvalue weighted by molar-refractivity contribution is 6.04. The first-order chi connectivity index (χ1) is 15.3. The molecular weight excluding hydrogens is 432 g/mol. The van der Waals surface area contributed by atoms with Crippen LogP contribution in [0.4, 0.5) is 0 Å². The van der Waals surface area contributed by atoms with Crippen LogP contribution in [0, 0.1) is 34.0 Å². The van der Waals surface area contributed by atoms with Gasteiger partial charge in [-0.25, -0.2) is 0 Å². The summed E-state index contributed by atoms with van der Waals surface area (Å²) in [6.07, 6.45) is -1.95. The fraction of sp³-hybridized carbons (Fsp3) is 0.792. The minimum Gasteiger partial charge on any atom is -0.465 e. The highest BCUT2D eigenvalue weighted by atomic mass is 16.6. The average Bonchev–Trinajstić information content (AvgIpc) is 2.93. The number of allylic oxidation sites excluding steroid dienone is 1. The van der Waals surface area contributed by atoms with Crippen molar-refractivity contribution in [3.05, 3.63) is 12.2 Å². The number of hydrogen-bond donors (Lipinski definition) is 3. The number of hydrogen-bond acceptors (Lipinski definition) is 9. The molecule has 2 heterocycles. The summed E-state index contributed by atoms with van der Waals surface area (Å²) < 4.78 is 17.0. The summed E-state index contributed by atoms with van der Waals surface area (Å²) in [7, 11) is 0. The van der Waals surface area contributed by atoms with E-state index in [1.165, 1.54) is 13.8 Å². The molecular formula is C24H32O9. The minimum atomic E-state index is -2.24. The first-order valence-corrected chi connectivity index (χ1v) is 11.6. The van der Waals surface area contributed by atoms with Crippen LogP contribution in [0.1, 0.15) is 46.5 Å². The summed E-state index contributed by atoms with van der Waals surface area (Å²) >= 11 is 0. The lowest BCUT2D eigenvalue weighted by Crippen LogP contribution is -2.85. The van der Waals surface area contributed by atoms with Gasteiger partial charge in [0.1, 0.15) is 12.2 Å².